The van der Waals surface area contributed by atoms with Crippen molar-refractivity contribution < 1.29 is 8.78 Å². The zero-order chi connectivity index (χ0) is 18.5. The lowest BCUT2D eigenvalue weighted by Gasteiger charge is -2.11. The molecule has 0 aliphatic rings. The zero-order valence-electron chi connectivity index (χ0n) is 14.0. The first-order valence-corrected chi connectivity index (χ1v) is 9.59. The van der Waals surface area contributed by atoms with Gasteiger partial charge in [-0.15, -0.1) is 10.2 Å². The third-order valence-corrected chi connectivity index (χ3v) is 5.20. The van der Waals surface area contributed by atoms with E-state index < -0.39 is 5.76 Å². The Kier molecular flexibility index (Phi) is 6.05. The van der Waals surface area contributed by atoms with Gasteiger partial charge in [-0.1, -0.05) is 35.7 Å². The normalized spacial score (nSPS) is 11.1. The van der Waals surface area contributed by atoms with E-state index in [1.54, 1.807) is 36.7 Å². The lowest BCUT2D eigenvalue weighted by molar-refractivity contribution is 0.252. The summed E-state index contributed by atoms with van der Waals surface area (Å²) in [5.41, 5.74) is 2.65. The van der Waals surface area contributed by atoms with Crippen molar-refractivity contribution in [2.24, 2.45) is 0 Å². The lowest BCUT2D eigenvalue weighted by atomic mass is 10.2. The van der Waals surface area contributed by atoms with Crippen molar-refractivity contribution in [2.75, 3.05) is 5.75 Å². The van der Waals surface area contributed by atoms with Crippen molar-refractivity contribution in [3.63, 3.8) is 0 Å². The molecule has 0 aliphatic carbocycles. The van der Waals surface area contributed by atoms with E-state index in [9.17, 15) is 8.78 Å². The number of hydrogen-bond acceptors (Lipinski definition) is 5. The van der Waals surface area contributed by atoms with Crippen LogP contribution in [0.2, 0.25) is 0 Å². The number of nitrogens with zero attached hydrogens (tertiary/aromatic N) is 4. The minimum Gasteiger partial charge on any atom is -0.270 e. The number of pyridine rings is 1. The molecule has 134 valence electrons. The standard InChI is InChI=1S/C18H16F2N4S2/c1-12(2)11-25-18-23-22-16(13-4-3-9-21-10-13)24(18)14-5-7-15(8-6-14)26-17(19)20/h3-10,17H,1,11H2,2H3. The minimum atomic E-state index is -2.44. The first-order chi connectivity index (χ1) is 12.5. The average molecular weight is 390 g/mol. The largest absolute Gasteiger partial charge is 0.288 e. The van der Waals surface area contributed by atoms with Crippen LogP contribution < -0.4 is 0 Å². The first-order valence-electron chi connectivity index (χ1n) is 7.73. The molecule has 0 bridgehead atoms. The monoisotopic (exact) mass is 390 g/mol. The quantitative estimate of drug-likeness (QED) is 0.404. The third-order valence-electron chi connectivity index (χ3n) is 3.32. The molecule has 0 spiro atoms. The van der Waals surface area contributed by atoms with Crippen LogP contribution in [0.1, 0.15) is 6.92 Å². The van der Waals surface area contributed by atoms with Crippen LogP contribution in [0, 0.1) is 0 Å². The van der Waals surface area contributed by atoms with Crippen molar-refractivity contribution >= 4 is 23.5 Å². The number of thioether (sulfide) groups is 2. The SMILES string of the molecule is C=C(C)CSc1nnc(-c2cccnc2)n1-c1ccc(SC(F)F)cc1. The summed E-state index contributed by atoms with van der Waals surface area (Å²) in [5.74, 6) is -1.08. The van der Waals surface area contributed by atoms with E-state index in [1.165, 1.54) is 11.8 Å². The number of halogens is 2. The summed E-state index contributed by atoms with van der Waals surface area (Å²) < 4.78 is 27.0. The Bertz CT molecular complexity index is 880. The summed E-state index contributed by atoms with van der Waals surface area (Å²) in [4.78, 5) is 4.65. The molecule has 0 N–H and O–H groups in total. The number of alkyl halides is 2. The van der Waals surface area contributed by atoms with Crippen LogP contribution in [0.15, 0.2) is 71.0 Å². The number of aromatic nitrogens is 4. The van der Waals surface area contributed by atoms with E-state index in [1.807, 2.05) is 23.6 Å². The van der Waals surface area contributed by atoms with Gasteiger partial charge in [-0.3, -0.25) is 9.55 Å². The van der Waals surface area contributed by atoms with E-state index in [2.05, 4.69) is 21.8 Å². The highest BCUT2D eigenvalue weighted by atomic mass is 32.2. The van der Waals surface area contributed by atoms with E-state index in [0.717, 1.165) is 16.8 Å². The van der Waals surface area contributed by atoms with E-state index in [0.29, 0.717) is 33.4 Å². The van der Waals surface area contributed by atoms with E-state index >= 15 is 0 Å². The Morgan fingerprint density at radius 3 is 2.58 bits per heavy atom. The average Bonchev–Trinajstić information content (AvgIpc) is 3.05. The second-order valence-electron chi connectivity index (χ2n) is 5.50. The van der Waals surface area contributed by atoms with Gasteiger partial charge in [0, 0.05) is 34.3 Å². The van der Waals surface area contributed by atoms with E-state index in [4.69, 9.17) is 0 Å². The molecule has 0 aliphatic heterocycles. The molecule has 8 heteroatoms. The molecule has 0 amide bonds. The summed E-state index contributed by atoms with van der Waals surface area (Å²) in [7, 11) is 0. The topological polar surface area (TPSA) is 43.6 Å². The van der Waals surface area contributed by atoms with Crippen molar-refractivity contribution in [2.45, 2.75) is 22.7 Å². The highest BCUT2D eigenvalue weighted by molar-refractivity contribution is 7.99. The van der Waals surface area contributed by atoms with Crippen molar-refractivity contribution in [1.29, 1.82) is 0 Å². The van der Waals surface area contributed by atoms with Gasteiger partial charge in [0.05, 0.1) is 0 Å². The number of rotatable bonds is 7. The van der Waals surface area contributed by atoms with Gasteiger partial charge < -0.3 is 0 Å². The van der Waals surface area contributed by atoms with Crippen LogP contribution >= 0.6 is 23.5 Å². The van der Waals surface area contributed by atoms with Crippen molar-refractivity contribution in [3.05, 3.63) is 60.9 Å². The summed E-state index contributed by atoms with van der Waals surface area (Å²) in [6.45, 7) is 5.87. The molecule has 2 aromatic heterocycles. The molecule has 2 heterocycles. The van der Waals surface area contributed by atoms with Gasteiger partial charge in [-0.05, 0) is 43.3 Å². The molecule has 0 radical (unpaired) electrons. The molecule has 0 unspecified atom stereocenters. The van der Waals surface area contributed by atoms with Crippen LogP contribution in [0.3, 0.4) is 0 Å². The summed E-state index contributed by atoms with van der Waals surface area (Å²) >= 11 is 2.05. The predicted octanol–water partition coefficient (Wildman–Crippen LogP) is 5.31. The molecule has 3 rings (SSSR count). The van der Waals surface area contributed by atoms with Crippen molar-refractivity contribution in [1.82, 2.24) is 19.7 Å². The molecule has 1 aromatic carbocycles. The Balaban J connectivity index is 2.02. The first kappa shape index (κ1) is 18.6. The molecular weight excluding hydrogens is 374 g/mol. The van der Waals surface area contributed by atoms with Crippen LogP contribution in [-0.4, -0.2) is 31.3 Å². The molecule has 3 aromatic rings. The second kappa shape index (κ2) is 8.46. The van der Waals surface area contributed by atoms with Gasteiger partial charge in [0.2, 0.25) is 0 Å². The molecule has 0 atom stereocenters. The predicted molar refractivity (Wildman–Crippen MR) is 102 cm³/mol. The van der Waals surface area contributed by atoms with Crippen molar-refractivity contribution in [3.8, 4) is 17.1 Å². The maximum absolute atomic E-state index is 12.5. The number of hydrogen-bond donors (Lipinski definition) is 0. The van der Waals surface area contributed by atoms with Gasteiger partial charge in [0.15, 0.2) is 11.0 Å². The second-order valence-corrected chi connectivity index (χ2v) is 7.51. The highest BCUT2D eigenvalue weighted by Crippen LogP contribution is 2.30. The Morgan fingerprint density at radius 1 is 1.19 bits per heavy atom. The van der Waals surface area contributed by atoms with Crippen LogP contribution in [-0.2, 0) is 0 Å². The maximum Gasteiger partial charge on any atom is 0.288 e. The van der Waals surface area contributed by atoms with Gasteiger partial charge >= 0.3 is 0 Å². The molecule has 0 fully saturated rings. The fourth-order valence-corrected chi connectivity index (χ4v) is 3.54. The van der Waals surface area contributed by atoms with Crippen LogP contribution in [0.4, 0.5) is 8.78 Å². The molecular formula is C18H16F2N4S2. The Labute approximate surface area is 158 Å². The maximum atomic E-state index is 12.5. The van der Waals surface area contributed by atoms with E-state index in [-0.39, 0.29) is 0 Å². The molecule has 0 saturated heterocycles. The number of benzene rings is 1. The van der Waals surface area contributed by atoms with Gasteiger partial charge in [0.1, 0.15) is 0 Å². The van der Waals surface area contributed by atoms with Gasteiger partial charge in [-0.2, -0.15) is 8.78 Å². The zero-order valence-corrected chi connectivity index (χ0v) is 15.6. The fourth-order valence-electron chi connectivity index (χ4n) is 2.24. The van der Waals surface area contributed by atoms with Gasteiger partial charge in [-0.25, -0.2) is 0 Å². The van der Waals surface area contributed by atoms with Gasteiger partial charge in [0.25, 0.3) is 5.76 Å². The summed E-state index contributed by atoms with van der Waals surface area (Å²) in [5, 5.41) is 9.31. The summed E-state index contributed by atoms with van der Waals surface area (Å²) in [6, 6.07) is 10.7. The minimum absolute atomic E-state index is 0.510. The highest BCUT2D eigenvalue weighted by Gasteiger charge is 2.16. The smallest absolute Gasteiger partial charge is 0.270 e. The summed E-state index contributed by atoms with van der Waals surface area (Å²) in [6.07, 6.45) is 3.41. The Morgan fingerprint density at radius 2 is 1.96 bits per heavy atom. The molecule has 26 heavy (non-hydrogen) atoms. The lowest BCUT2D eigenvalue weighted by Crippen LogP contribution is -2.00. The van der Waals surface area contributed by atoms with Crippen LogP contribution in [0.5, 0.6) is 0 Å². The third kappa shape index (κ3) is 4.50. The molecule has 0 saturated carbocycles. The molecule has 4 nitrogen and oxygen atoms in total. The fraction of sp³-hybridized carbons (Fsp3) is 0.167. The van der Waals surface area contributed by atoms with Crippen LogP contribution in [0.25, 0.3) is 17.1 Å². The Hall–Kier alpha value is -2.19.